The number of sulfonamides is 1. The van der Waals surface area contributed by atoms with Crippen molar-refractivity contribution in [2.24, 2.45) is 5.73 Å². The van der Waals surface area contributed by atoms with Gasteiger partial charge < -0.3 is 5.73 Å². The highest BCUT2D eigenvalue weighted by atomic mass is 79.9. The predicted octanol–water partition coefficient (Wildman–Crippen LogP) is 1.60. The summed E-state index contributed by atoms with van der Waals surface area (Å²) < 4.78 is 39.1. The Morgan fingerprint density at radius 2 is 2.06 bits per heavy atom. The second kappa shape index (κ2) is 5.01. The zero-order valence-electron chi connectivity index (χ0n) is 9.50. The summed E-state index contributed by atoms with van der Waals surface area (Å²) in [6, 6.07) is 3.50. The van der Waals surface area contributed by atoms with Crippen LogP contribution >= 0.6 is 15.9 Å². The predicted molar refractivity (Wildman–Crippen MR) is 67.6 cm³/mol. The van der Waals surface area contributed by atoms with E-state index in [0.717, 1.165) is 6.07 Å². The van der Waals surface area contributed by atoms with Gasteiger partial charge >= 0.3 is 0 Å². The Bertz CT molecular complexity index is 512. The summed E-state index contributed by atoms with van der Waals surface area (Å²) in [7, 11) is -3.66. The monoisotopic (exact) mass is 324 g/mol. The first-order valence-corrected chi connectivity index (χ1v) is 7.13. The maximum Gasteiger partial charge on any atom is 0.240 e. The molecule has 4 nitrogen and oxygen atoms in total. The lowest BCUT2D eigenvalue weighted by Crippen LogP contribution is -2.45. The fraction of sp³-hybridized carbons (Fsp3) is 0.400. The van der Waals surface area contributed by atoms with Crippen molar-refractivity contribution < 1.29 is 12.8 Å². The highest BCUT2D eigenvalue weighted by molar-refractivity contribution is 9.10. The molecule has 0 fully saturated rings. The van der Waals surface area contributed by atoms with E-state index in [4.69, 9.17) is 5.73 Å². The summed E-state index contributed by atoms with van der Waals surface area (Å²) in [5.41, 5.74) is 5.03. The fourth-order valence-electron chi connectivity index (χ4n) is 1.01. The number of nitrogens with one attached hydrogen (secondary N) is 1. The van der Waals surface area contributed by atoms with Gasteiger partial charge in [0.2, 0.25) is 10.0 Å². The van der Waals surface area contributed by atoms with Crippen LogP contribution in [0.4, 0.5) is 4.39 Å². The minimum absolute atomic E-state index is 0.00461. The SMILES string of the molecule is CC(C)(N)CNS(=O)(=O)c1ccc(F)c(Br)c1. The fourth-order valence-corrected chi connectivity index (χ4v) is 2.79. The van der Waals surface area contributed by atoms with Gasteiger partial charge in [-0.3, -0.25) is 0 Å². The minimum atomic E-state index is -3.66. The standard InChI is InChI=1S/C10H14BrFN2O2S/c1-10(2,13)6-14-17(15,16)7-3-4-9(12)8(11)5-7/h3-5,14H,6,13H2,1-2H3. The molecule has 0 aromatic heterocycles. The van der Waals surface area contributed by atoms with E-state index in [1.54, 1.807) is 13.8 Å². The van der Waals surface area contributed by atoms with Crippen molar-refractivity contribution >= 4 is 26.0 Å². The molecule has 0 unspecified atom stereocenters. The molecule has 0 aliphatic rings. The normalized spacial score (nSPS) is 12.8. The molecule has 1 aromatic rings. The van der Waals surface area contributed by atoms with Crippen LogP contribution in [0.25, 0.3) is 0 Å². The van der Waals surface area contributed by atoms with Gasteiger partial charge in [0.1, 0.15) is 5.82 Å². The van der Waals surface area contributed by atoms with Gasteiger partial charge in [0.15, 0.2) is 0 Å². The second-order valence-electron chi connectivity index (χ2n) is 4.39. The van der Waals surface area contributed by atoms with Crippen LogP contribution in [0.15, 0.2) is 27.6 Å². The van der Waals surface area contributed by atoms with Crippen LogP contribution in [0.2, 0.25) is 0 Å². The molecule has 0 aliphatic heterocycles. The molecule has 0 aliphatic carbocycles. The third kappa shape index (κ3) is 4.34. The molecule has 0 amide bonds. The summed E-state index contributed by atoms with van der Waals surface area (Å²) in [4.78, 5) is -0.00461. The van der Waals surface area contributed by atoms with Gasteiger partial charge in [0, 0.05) is 12.1 Å². The Hall–Kier alpha value is -0.500. The van der Waals surface area contributed by atoms with Gasteiger partial charge in [-0.2, -0.15) is 0 Å². The van der Waals surface area contributed by atoms with Crippen molar-refractivity contribution in [3.05, 3.63) is 28.5 Å². The molecule has 0 heterocycles. The largest absolute Gasteiger partial charge is 0.324 e. The average molecular weight is 325 g/mol. The van der Waals surface area contributed by atoms with Crippen LogP contribution in [0.3, 0.4) is 0 Å². The van der Waals surface area contributed by atoms with E-state index < -0.39 is 21.4 Å². The second-order valence-corrected chi connectivity index (χ2v) is 7.01. The third-order valence-corrected chi connectivity index (χ3v) is 3.93. The lowest BCUT2D eigenvalue weighted by Gasteiger charge is -2.19. The molecule has 0 atom stereocenters. The molecule has 0 radical (unpaired) electrons. The quantitative estimate of drug-likeness (QED) is 0.883. The molecular formula is C10H14BrFN2O2S. The Morgan fingerprint density at radius 3 is 2.53 bits per heavy atom. The van der Waals surface area contributed by atoms with Crippen LogP contribution < -0.4 is 10.5 Å². The zero-order valence-corrected chi connectivity index (χ0v) is 11.9. The van der Waals surface area contributed by atoms with Crippen molar-refractivity contribution in [3.63, 3.8) is 0 Å². The highest BCUT2D eigenvalue weighted by Crippen LogP contribution is 2.19. The molecule has 0 spiro atoms. The van der Waals surface area contributed by atoms with Crippen molar-refractivity contribution in [2.75, 3.05) is 6.54 Å². The van der Waals surface area contributed by atoms with Crippen LogP contribution in [-0.4, -0.2) is 20.5 Å². The van der Waals surface area contributed by atoms with E-state index in [9.17, 15) is 12.8 Å². The van der Waals surface area contributed by atoms with E-state index in [0.29, 0.717) is 0 Å². The molecule has 3 N–H and O–H groups in total. The Morgan fingerprint density at radius 1 is 1.47 bits per heavy atom. The maximum atomic E-state index is 13.0. The van der Waals surface area contributed by atoms with Crippen molar-refractivity contribution in [3.8, 4) is 0 Å². The van der Waals surface area contributed by atoms with Gasteiger partial charge in [0.05, 0.1) is 9.37 Å². The first-order chi connectivity index (χ1) is 7.62. The summed E-state index contributed by atoms with van der Waals surface area (Å²) in [5, 5.41) is 0. The number of halogens is 2. The molecule has 7 heteroatoms. The smallest absolute Gasteiger partial charge is 0.240 e. The number of rotatable bonds is 4. The molecule has 0 saturated carbocycles. The van der Waals surface area contributed by atoms with Gasteiger partial charge in [-0.15, -0.1) is 0 Å². The molecule has 17 heavy (non-hydrogen) atoms. The molecule has 0 bridgehead atoms. The minimum Gasteiger partial charge on any atom is -0.324 e. The number of hydrogen-bond acceptors (Lipinski definition) is 3. The highest BCUT2D eigenvalue weighted by Gasteiger charge is 2.19. The average Bonchev–Trinajstić information content (AvgIpc) is 2.18. The summed E-state index contributed by atoms with van der Waals surface area (Å²) >= 11 is 2.94. The Kier molecular flexibility index (Phi) is 4.29. The zero-order chi connectivity index (χ0) is 13.3. The van der Waals surface area contributed by atoms with E-state index in [1.807, 2.05) is 0 Å². The van der Waals surface area contributed by atoms with Gasteiger partial charge in [-0.25, -0.2) is 17.5 Å². The first kappa shape index (κ1) is 14.6. The maximum absolute atomic E-state index is 13.0. The van der Waals surface area contributed by atoms with Crippen LogP contribution in [0, 0.1) is 5.82 Å². The topological polar surface area (TPSA) is 72.2 Å². The first-order valence-electron chi connectivity index (χ1n) is 4.85. The van der Waals surface area contributed by atoms with Crippen molar-refractivity contribution in [1.82, 2.24) is 4.72 Å². The van der Waals surface area contributed by atoms with Crippen LogP contribution in [0.5, 0.6) is 0 Å². The van der Waals surface area contributed by atoms with Crippen molar-refractivity contribution in [1.29, 1.82) is 0 Å². The number of nitrogens with two attached hydrogens (primary N) is 1. The van der Waals surface area contributed by atoms with Crippen LogP contribution in [-0.2, 0) is 10.0 Å². The van der Waals surface area contributed by atoms with Gasteiger partial charge in [-0.05, 0) is 48.0 Å². The number of benzene rings is 1. The summed E-state index contributed by atoms with van der Waals surface area (Å²) in [5.74, 6) is -0.511. The van der Waals surface area contributed by atoms with Crippen molar-refractivity contribution in [2.45, 2.75) is 24.3 Å². The molecular weight excluding hydrogens is 311 g/mol. The number of hydrogen-bond donors (Lipinski definition) is 2. The molecule has 1 aromatic carbocycles. The lowest BCUT2D eigenvalue weighted by atomic mass is 10.1. The van der Waals surface area contributed by atoms with Crippen LogP contribution in [0.1, 0.15) is 13.8 Å². The third-order valence-electron chi connectivity index (χ3n) is 1.92. The van der Waals surface area contributed by atoms with E-state index in [-0.39, 0.29) is 15.9 Å². The van der Waals surface area contributed by atoms with Gasteiger partial charge in [0.25, 0.3) is 0 Å². The molecule has 0 saturated heterocycles. The Labute approximate surface area is 109 Å². The summed E-state index contributed by atoms with van der Waals surface area (Å²) in [6.07, 6.45) is 0. The molecule has 96 valence electrons. The lowest BCUT2D eigenvalue weighted by molar-refractivity contribution is 0.498. The Balaban J connectivity index is 2.94. The van der Waals surface area contributed by atoms with Gasteiger partial charge in [-0.1, -0.05) is 0 Å². The molecule has 1 rings (SSSR count). The summed E-state index contributed by atoms with van der Waals surface area (Å²) in [6.45, 7) is 3.51. The van der Waals surface area contributed by atoms with E-state index in [1.165, 1.54) is 12.1 Å². The van der Waals surface area contributed by atoms with E-state index in [2.05, 4.69) is 20.7 Å². The van der Waals surface area contributed by atoms with E-state index >= 15 is 0 Å².